The van der Waals surface area contributed by atoms with E-state index in [-0.39, 0.29) is 11.4 Å². The number of hydrogen-bond acceptors (Lipinski definition) is 2. The van der Waals surface area contributed by atoms with E-state index in [2.05, 4.69) is 4.98 Å². The number of nitrogens with zero attached hydrogens (tertiary/aromatic N) is 1. The number of pyridine rings is 1. The average molecular weight is 243 g/mol. The number of nitrogens with two attached hydrogens (primary N) is 1. The zero-order valence-corrected chi connectivity index (χ0v) is 9.22. The molecule has 0 atom stereocenters. The molecule has 0 aliphatic rings. The standard InChI is InChI=1S/C11H9ClF2N2/c1-5-2-6-8(15)4-9(11(13)14)16-10(6)7(12)3-5/h2-4,11H,1H3,(H2,15,16). The molecule has 2 N–H and O–H groups in total. The van der Waals surface area contributed by atoms with Crippen molar-refractivity contribution in [3.8, 4) is 0 Å². The highest BCUT2D eigenvalue weighted by molar-refractivity contribution is 6.35. The van der Waals surface area contributed by atoms with Crippen molar-refractivity contribution in [1.29, 1.82) is 0 Å². The number of aryl methyl sites for hydroxylation is 1. The number of anilines is 1. The molecule has 0 aliphatic carbocycles. The highest BCUT2D eigenvalue weighted by atomic mass is 35.5. The van der Waals surface area contributed by atoms with Crippen LogP contribution in [-0.2, 0) is 0 Å². The molecule has 2 aromatic rings. The van der Waals surface area contributed by atoms with Crippen LogP contribution in [0.15, 0.2) is 18.2 Å². The fourth-order valence-corrected chi connectivity index (χ4v) is 1.89. The largest absolute Gasteiger partial charge is 0.398 e. The Morgan fingerprint density at radius 2 is 2.00 bits per heavy atom. The third-order valence-electron chi connectivity index (χ3n) is 2.29. The van der Waals surface area contributed by atoms with Crippen molar-refractivity contribution in [3.05, 3.63) is 34.5 Å². The Balaban J connectivity index is 2.82. The molecular weight excluding hydrogens is 234 g/mol. The van der Waals surface area contributed by atoms with Crippen LogP contribution in [0.1, 0.15) is 17.7 Å². The molecule has 0 aliphatic heterocycles. The summed E-state index contributed by atoms with van der Waals surface area (Å²) in [5, 5.41) is 0.943. The number of rotatable bonds is 1. The minimum absolute atomic E-state index is 0.269. The fourth-order valence-electron chi connectivity index (χ4n) is 1.58. The molecule has 0 fully saturated rings. The number of hydrogen-bond donors (Lipinski definition) is 1. The van der Waals surface area contributed by atoms with Crippen LogP contribution in [0, 0.1) is 6.92 Å². The lowest BCUT2D eigenvalue weighted by Gasteiger charge is -2.08. The molecule has 0 radical (unpaired) electrons. The minimum atomic E-state index is -2.65. The van der Waals surface area contributed by atoms with Gasteiger partial charge in [0.25, 0.3) is 6.43 Å². The van der Waals surface area contributed by atoms with Gasteiger partial charge in [-0.2, -0.15) is 0 Å². The van der Waals surface area contributed by atoms with E-state index in [1.165, 1.54) is 6.07 Å². The first kappa shape index (κ1) is 11.1. The molecule has 84 valence electrons. The smallest absolute Gasteiger partial charge is 0.280 e. The molecule has 0 spiro atoms. The van der Waals surface area contributed by atoms with Gasteiger partial charge in [-0.25, -0.2) is 13.8 Å². The zero-order chi connectivity index (χ0) is 11.9. The molecule has 0 saturated heterocycles. The SMILES string of the molecule is Cc1cc(Cl)c2nc(C(F)F)cc(N)c2c1. The summed E-state index contributed by atoms with van der Waals surface area (Å²) in [7, 11) is 0. The lowest BCUT2D eigenvalue weighted by atomic mass is 10.1. The first-order valence-corrected chi connectivity index (χ1v) is 5.01. The number of alkyl halides is 2. The van der Waals surface area contributed by atoms with Crippen LogP contribution in [0.5, 0.6) is 0 Å². The second-order valence-electron chi connectivity index (χ2n) is 3.58. The van der Waals surface area contributed by atoms with Crippen molar-refractivity contribution >= 4 is 28.2 Å². The van der Waals surface area contributed by atoms with Crippen LogP contribution in [0.25, 0.3) is 10.9 Å². The van der Waals surface area contributed by atoms with Crippen molar-refractivity contribution in [3.63, 3.8) is 0 Å². The number of nitrogen functional groups attached to an aromatic ring is 1. The Morgan fingerprint density at radius 1 is 1.31 bits per heavy atom. The maximum absolute atomic E-state index is 12.5. The molecular formula is C11H9ClF2N2. The molecule has 0 amide bonds. The van der Waals surface area contributed by atoms with Crippen LogP contribution in [0.4, 0.5) is 14.5 Å². The molecule has 16 heavy (non-hydrogen) atoms. The Morgan fingerprint density at radius 3 is 2.62 bits per heavy atom. The fraction of sp³-hybridized carbons (Fsp3) is 0.182. The minimum Gasteiger partial charge on any atom is -0.398 e. The summed E-state index contributed by atoms with van der Waals surface area (Å²) < 4.78 is 25.0. The van der Waals surface area contributed by atoms with E-state index >= 15 is 0 Å². The van der Waals surface area contributed by atoms with Gasteiger partial charge in [0.2, 0.25) is 0 Å². The van der Waals surface area contributed by atoms with Crippen molar-refractivity contribution in [2.45, 2.75) is 13.3 Å². The van der Waals surface area contributed by atoms with Gasteiger partial charge in [-0.05, 0) is 30.7 Å². The quantitative estimate of drug-likeness (QED) is 0.828. The number of aromatic nitrogens is 1. The molecule has 1 aromatic heterocycles. The lowest BCUT2D eigenvalue weighted by molar-refractivity contribution is 0.146. The van der Waals surface area contributed by atoms with Crippen LogP contribution in [0.2, 0.25) is 5.02 Å². The van der Waals surface area contributed by atoms with Crippen molar-refractivity contribution in [2.24, 2.45) is 0 Å². The van der Waals surface area contributed by atoms with Gasteiger partial charge < -0.3 is 5.73 Å². The molecule has 0 bridgehead atoms. The van der Waals surface area contributed by atoms with E-state index in [0.717, 1.165) is 5.56 Å². The summed E-state index contributed by atoms with van der Waals surface area (Å²) in [6, 6.07) is 4.63. The molecule has 2 nitrogen and oxygen atoms in total. The normalized spacial score (nSPS) is 11.3. The first-order valence-electron chi connectivity index (χ1n) is 4.63. The van der Waals surface area contributed by atoms with Gasteiger partial charge in [-0.3, -0.25) is 0 Å². The van der Waals surface area contributed by atoms with Crippen molar-refractivity contribution in [2.75, 3.05) is 5.73 Å². The highest BCUT2D eigenvalue weighted by Crippen LogP contribution is 2.30. The van der Waals surface area contributed by atoms with Crippen LogP contribution in [0.3, 0.4) is 0 Å². The van der Waals surface area contributed by atoms with Crippen LogP contribution < -0.4 is 5.73 Å². The van der Waals surface area contributed by atoms with Gasteiger partial charge in [0.15, 0.2) is 0 Å². The second kappa shape index (κ2) is 3.87. The molecule has 1 heterocycles. The summed E-state index contributed by atoms with van der Waals surface area (Å²) in [5.74, 6) is 0. The maximum Gasteiger partial charge on any atom is 0.280 e. The van der Waals surface area contributed by atoms with Gasteiger partial charge >= 0.3 is 0 Å². The van der Waals surface area contributed by atoms with Gasteiger partial charge in [-0.1, -0.05) is 11.6 Å². The maximum atomic E-state index is 12.5. The summed E-state index contributed by atoms with van der Waals surface area (Å²) in [6.07, 6.45) is -2.65. The Kier molecular flexibility index (Phi) is 2.68. The van der Waals surface area contributed by atoms with E-state index in [0.29, 0.717) is 15.9 Å². The van der Waals surface area contributed by atoms with E-state index in [4.69, 9.17) is 17.3 Å². The predicted octanol–water partition coefficient (Wildman–Crippen LogP) is 3.72. The lowest BCUT2D eigenvalue weighted by Crippen LogP contribution is -1.97. The van der Waals surface area contributed by atoms with Crippen molar-refractivity contribution in [1.82, 2.24) is 4.98 Å². The zero-order valence-electron chi connectivity index (χ0n) is 8.47. The summed E-state index contributed by atoms with van der Waals surface area (Å²) in [5.41, 5.74) is 6.85. The van der Waals surface area contributed by atoms with Crippen LogP contribution in [-0.4, -0.2) is 4.98 Å². The molecule has 2 rings (SSSR count). The summed E-state index contributed by atoms with van der Waals surface area (Å²) in [4.78, 5) is 3.81. The Bertz CT molecular complexity index is 555. The monoisotopic (exact) mass is 242 g/mol. The number of fused-ring (bicyclic) bond motifs is 1. The topological polar surface area (TPSA) is 38.9 Å². The second-order valence-corrected chi connectivity index (χ2v) is 3.99. The molecule has 1 aromatic carbocycles. The van der Waals surface area contributed by atoms with Gasteiger partial charge in [0.1, 0.15) is 5.69 Å². The third-order valence-corrected chi connectivity index (χ3v) is 2.57. The predicted molar refractivity (Wildman–Crippen MR) is 60.9 cm³/mol. The molecule has 0 saturated carbocycles. The van der Waals surface area contributed by atoms with Crippen molar-refractivity contribution < 1.29 is 8.78 Å². The van der Waals surface area contributed by atoms with Crippen LogP contribution >= 0.6 is 11.6 Å². The molecule has 5 heteroatoms. The number of halogens is 3. The van der Waals surface area contributed by atoms with E-state index in [9.17, 15) is 8.78 Å². The van der Waals surface area contributed by atoms with Gasteiger partial charge in [-0.15, -0.1) is 0 Å². The summed E-state index contributed by atoms with van der Waals surface area (Å²) in [6.45, 7) is 1.85. The third kappa shape index (κ3) is 1.80. The Hall–Kier alpha value is -1.42. The van der Waals surface area contributed by atoms with E-state index < -0.39 is 6.43 Å². The first-order chi connectivity index (χ1) is 7.49. The summed E-state index contributed by atoms with van der Waals surface area (Å²) >= 11 is 5.95. The highest BCUT2D eigenvalue weighted by Gasteiger charge is 2.13. The van der Waals surface area contributed by atoms with Gasteiger partial charge in [0.05, 0.1) is 10.5 Å². The average Bonchev–Trinajstić information content (AvgIpc) is 2.19. The Labute approximate surface area is 96.0 Å². The van der Waals surface area contributed by atoms with E-state index in [1.54, 1.807) is 12.1 Å². The van der Waals surface area contributed by atoms with E-state index in [1.807, 2.05) is 6.92 Å². The van der Waals surface area contributed by atoms with Gasteiger partial charge in [0, 0.05) is 11.1 Å². The number of benzene rings is 1. The molecule has 0 unspecified atom stereocenters.